The van der Waals surface area contributed by atoms with Gasteiger partial charge in [-0.25, -0.2) is 19.6 Å². The number of esters is 2. The summed E-state index contributed by atoms with van der Waals surface area (Å²) in [7, 11) is 0. The van der Waals surface area contributed by atoms with E-state index < -0.39 is 5.97 Å². The lowest BCUT2D eigenvalue weighted by molar-refractivity contribution is -0.130. The highest BCUT2D eigenvalue weighted by Crippen LogP contribution is 2.14. The first kappa shape index (κ1) is 27.8. The number of nitrogens with one attached hydrogen (secondary N) is 1. The van der Waals surface area contributed by atoms with Crippen molar-refractivity contribution in [2.45, 2.75) is 46.3 Å². The molecule has 0 saturated heterocycles. The Bertz CT molecular complexity index is 1470. The maximum atomic E-state index is 12.1. The Morgan fingerprint density at radius 3 is 1.83 bits per heavy atom. The molecule has 0 spiro atoms. The van der Waals surface area contributed by atoms with Gasteiger partial charge in [0.1, 0.15) is 24.9 Å². The fourth-order valence-electron chi connectivity index (χ4n) is 4.50. The van der Waals surface area contributed by atoms with Gasteiger partial charge in [-0.15, -0.1) is 0 Å². The number of nitrogens with zero attached hydrogens (tertiary/aromatic N) is 5. The number of imidazole rings is 2. The second-order valence-electron chi connectivity index (χ2n) is 9.71. The largest absolute Gasteiger partial charge is 0.456 e. The Morgan fingerprint density at radius 1 is 0.756 bits per heavy atom. The number of fused-ring (bicyclic) bond motifs is 2. The molecule has 2 aromatic carbocycles. The second kappa shape index (κ2) is 13.1. The van der Waals surface area contributed by atoms with Gasteiger partial charge in [-0.1, -0.05) is 60.7 Å². The lowest BCUT2D eigenvalue weighted by atomic mass is 10.2. The maximum Gasteiger partial charge on any atom is 0.358 e. The summed E-state index contributed by atoms with van der Waals surface area (Å²) in [5.74, 6) is 0.805. The molecule has 2 aliphatic heterocycles. The molecule has 4 aromatic rings. The number of carbonyl (C=O) groups is 3. The summed E-state index contributed by atoms with van der Waals surface area (Å²) in [5, 5.41) is 3.22. The third-order valence-electron chi connectivity index (χ3n) is 6.76. The molecule has 0 fully saturated rings. The van der Waals surface area contributed by atoms with E-state index in [2.05, 4.69) is 15.3 Å². The van der Waals surface area contributed by atoms with Crippen LogP contribution in [0.25, 0.3) is 0 Å². The maximum absolute atomic E-state index is 12.1. The first-order chi connectivity index (χ1) is 20.0. The van der Waals surface area contributed by atoms with Crippen molar-refractivity contribution >= 4 is 17.8 Å². The molecule has 0 atom stereocenters. The monoisotopic (exact) mass is 556 g/mol. The molecule has 0 aliphatic carbocycles. The smallest absolute Gasteiger partial charge is 0.358 e. The number of carbonyl (C=O) groups excluding carboxylic acids is 3. The SMILES string of the molecule is CC(=O)N1CCn2cc(C(=O)OCc3ccccc3)nc2C1.O=C(OCc1ccccc1)c1cn2c(n1)CNCC2. The van der Waals surface area contributed by atoms with Crippen LogP contribution in [-0.4, -0.2) is 54.9 Å². The molecular weight excluding hydrogens is 524 g/mol. The van der Waals surface area contributed by atoms with Crippen molar-refractivity contribution in [3.63, 3.8) is 0 Å². The Hall–Kier alpha value is -4.77. The molecule has 41 heavy (non-hydrogen) atoms. The van der Waals surface area contributed by atoms with Crippen molar-refractivity contribution in [1.82, 2.24) is 29.3 Å². The highest BCUT2D eigenvalue weighted by molar-refractivity contribution is 5.87. The van der Waals surface area contributed by atoms with Crippen LogP contribution in [0, 0.1) is 0 Å². The van der Waals surface area contributed by atoms with Crippen molar-refractivity contribution in [3.8, 4) is 0 Å². The van der Waals surface area contributed by atoms with Crippen molar-refractivity contribution in [3.05, 3.63) is 107 Å². The molecule has 212 valence electrons. The van der Waals surface area contributed by atoms with Gasteiger partial charge in [0.15, 0.2) is 11.4 Å². The van der Waals surface area contributed by atoms with Crippen LogP contribution in [0.1, 0.15) is 50.7 Å². The molecule has 11 heteroatoms. The van der Waals surface area contributed by atoms with Crippen LogP contribution >= 0.6 is 0 Å². The van der Waals surface area contributed by atoms with Crippen LogP contribution in [0.3, 0.4) is 0 Å². The van der Waals surface area contributed by atoms with Gasteiger partial charge in [0, 0.05) is 45.5 Å². The van der Waals surface area contributed by atoms with E-state index in [0.717, 1.165) is 30.0 Å². The first-order valence-corrected chi connectivity index (χ1v) is 13.5. The molecule has 2 aromatic heterocycles. The van der Waals surface area contributed by atoms with E-state index in [1.807, 2.05) is 69.8 Å². The molecule has 11 nitrogen and oxygen atoms in total. The van der Waals surface area contributed by atoms with Crippen molar-refractivity contribution < 1.29 is 23.9 Å². The number of rotatable bonds is 6. The molecule has 0 unspecified atom stereocenters. The minimum Gasteiger partial charge on any atom is -0.456 e. The van der Waals surface area contributed by atoms with Crippen LogP contribution in [0.4, 0.5) is 0 Å². The Balaban J connectivity index is 0.000000166. The number of amides is 1. The third kappa shape index (κ3) is 7.25. The van der Waals surface area contributed by atoms with Gasteiger partial charge in [-0.05, 0) is 11.1 Å². The van der Waals surface area contributed by atoms with Crippen molar-refractivity contribution in [1.29, 1.82) is 0 Å². The highest BCUT2D eigenvalue weighted by Gasteiger charge is 2.23. The lowest BCUT2D eigenvalue weighted by Crippen LogP contribution is -2.36. The van der Waals surface area contributed by atoms with Crippen molar-refractivity contribution in [2.24, 2.45) is 0 Å². The standard InChI is InChI=1S/C16H17N3O3.C14H15N3O2/c1-12(20)18-7-8-19-9-14(17-15(19)10-18)16(21)22-11-13-5-3-2-4-6-13;18-14(19-10-11-4-2-1-3-5-11)12-9-17-7-6-15-8-13(17)16-12/h2-6,9H,7-8,10-11H2,1H3;1-5,9,15H,6-8,10H2. The molecule has 0 bridgehead atoms. The molecule has 1 N–H and O–H groups in total. The summed E-state index contributed by atoms with van der Waals surface area (Å²) in [5.41, 5.74) is 2.58. The number of hydrogen-bond acceptors (Lipinski definition) is 8. The van der Waals surface area contributed by atoms with E-state index in [9.17, 15) is 14.4 Å². The van der Waals surface area contributed by atoms with Gasteiger partial charge in [0.2, 0.25) is 5.91 Å². The molecule has 2 aliphatic rings. The second-order valence-corrected chi connectivity index (χ2v) is 9.71. The van der Waals surface area contributed by atoms with Crippen molar-refractivity contribution in [2.75, 3.05) is 13.1 Å². The molecule has 0 radical (unpaired) electrons. The Kier molecular flexibility index (Phi) is 8.85. The number of ether oxygens (including phenoxy) is 2. The normalized spacial score (nSPS) is 13.7. The van der Waals surface area contributed by atoms with E-state index in [0.29, 0.717) is 37.7 Å². The van der Waals surface area contributed by atoms with E-state index in [1.54, 1.807) is 17.3 Å². The summed E-state index contributed by atoms with van der Waals surface area (Å²) in [4.78, 5) is 45.7. The van der Waals surface area contributed by atoms with Gasteiger partial charge in [-0.2, -0.15) is 0 Å². The first-order valence-electron chi connectivity index (χ1n) is 13.5. The summed E-state index contributed by atoms with van der Waals surface area (Å²) in [6.07, 6.45) is 3.46. The number of benzene rings is 2. The fraction of sp³-hybridized carbons (Fsp3) is 0.300. The number of aromatic nitrogens is 4. The molecule has 6 rings (SSSR count). The molecule has 4 heterocycles. The van der Waals surface area contributed by atoms with E-state index in [4.69, 9.17) is 9.47 Å². The average Bonchev–Trinajstić information content (AvgIpc) is 3.64. The lowest BCUT2D eigenvalue weighted by Gasteiger charge is -2.26. The van der Waals surface area contributed by atoms with Crippen LogP contribution in [0.2, 0.25) is 0 Å². The summed E-state index contributed by atoms with van der Waals surface area (Å²) >= 11 is 0. The number of hydrogen-bond donors (Lipinski definition) is 1. The summed E-state index contributed by atoms with van der Waals surface area (Å²) < 4.78 is 14.4. The third-order valence-corrected chi connectivity index (χ3v) is 6.76. The zero-order chi connectivity index (χ0) is 28.6. The van der Waals surface area contributed by atoms with Crippen LogP contribution in [0.5, 0.6) is 0 Å². The molecular formula is C30H32N6O5. The van der Waals surface area contributed by atoms with Gasteiger partial charge in [0.25, 0.3) is 0 Å². The van der Waals surface area contributed by atoms with E-state index in [1.165, 1.54) is 6.92 Å². The highest BCUT2D eigenvalue weighted by atomic mass is 16.5. The van der Waals surface area contributed by atoms with E-state index in [-0.39, 0.29) is 30.8 Å². The topological polar surface area (TPSA) is 121 Å². The Labute approximate surface area is 237 Å². The predicted molar refractivity (Wildman–Crippen MR) is 148 cm³/mol. The fourth-order valence-corrected chi connectivity index (χ4v) is 4.50. The van der Waals surface area contributed by atoms with Gasteiger partial charge < -0.3 is 28.8 Å². The zero-order valence-corrected chi connectivity index (χ0v) is 22.9. The average molecular weight is 557 g/mol. The minimum atomic E-state index is -0.444. The molecule has 0 saturated carbocycles. The Morgan fingerprint density at radius 2 is 1.29 bits per heavy atom. The summed E-state index contributed by atoms with van der Waals surface area (Å²) in [6.45, 7) is 6.20. The van der Waals surface area contributed by atoms with Gasteiger partial charge >= 0.3 is 11.9 Å². The quantitative estimate of drug-likeness (QED) is 0.360. The van der Waals surface area contributed by atoms with Gasteiger partial charge in [-0.3, -0.25) is 4.79 Å². The molecule has 1 amide bonds. The minimum absolute atomic E-state index is 0.0162. The van der Waals surface area contributed by atoms with Crippen LogP contribution in [-0.2, 0) is 53.7 Å². The predicted octanol–water partition coefficient (Wildman–Crippen LogP) is 2.95. The van der Waals surface area contributed by atoms with Gasteiger partial charge in [0.05, 0.1) is 13.1 Å². The summed E-state index contributed by atoms with van der Waals surface area (Å²) in [6, 6.07) is 19.1. The van der Waals surface area contributed by atoms with Crippen LogP contribution < -0.4 is 5.32 Å². The zero-order valence-electron chi connectivity index (χ0n) is 22.9. The van der Waals surface area contributed by atoms with Crippen LogP contribution in [0.15, 0.2) is 73.1 Å². The van der Waals surface area contributed by atoms with E-state index >= 15 is 0 Å².